The number of likely N-dealkylation sites (N-methyl/N-ethyl adjacent to an activating group) is 1. The summed E-state index contributed by atoms with van der Waals surface area (Å²) in [5.74, 6) is -0.284. The first kappa shape index (κ1) is 24.0. The van der Waals surface area contributed by atoms with Crippen LogP contribution in [0, 0.1) is 6.92 Å². The second-order valence-electron chi connectivity index (χ2n) is 8.26. The van der Waals surface area contributed by atoms with Gasteiger partial charge in [0, 0.05) is 45.8 Å². The molecule has 1 aliphatic rings. The number of halogens is 1. The molecule has 3 N–H and O–H groups in total. The molecular weight excluding hydrogens is 492 g/mol. The van der Waals surface area contributed by atoms with E-state index in [-0.39, 0.29) is 11.8 Å². The lowest BCUT2D eigenvalue weighted by Gasteiger charge is -2.18. The standard InChI is InChI=1S/C27H29BrN4O2/c1-4-32(5-2)14-13-29-27(34)24-17(3)30-23(25(24)18-9-7-6-8-10-18)16-21-20-15-19(28)11-12-22(20)31-26(21)33/h6-12,15-16,30H,4-5,13-14H2,1-3H3,(H,29,34)(H,31,33). The van der Waals surface area contributed by atoms with Crippen molar-refractivity contribution >= 4 is 45.1 Å². The zero-order valence-electron chi connectivity index (χ0n) is 19.7. The van der Waals surface area contributed by atoms with Crippen molar-refractivity contribution in [3.63, 3.8) is 0 Å². The average molecular weight is 521 g/mol. The van der Waals surface area contributed by atoms with Crippen LogP contribution in [0.2, 0.25) is 0 Å². The Hall–Kier alpha value is -3.16. The fourth-order valence-electron chi connectivity index (χ4n) is 4.35. The first-order valence-electron chi connectivity index (χ1n) is 11.5. The molecular formula is C27H29BrN4O2. The highest BCUT2D eigenvalue weighted by atomic mass is 79.9. The maximum absolute atomic E-state index is 13.3. The van der Waals surface area contributed by atoms with Gasteiger partial charge in [-0.05, 0) is 49.9 Å². The first-order valence-corrected chi connectivity index (χ1v) is 12.3. The second-order valence-corrected chi connectivity index (χ2v) is 9.18. The van der Waals surface area contributed by atoms with Crippen LogP contribution in [0.3, 0.4) is 0 Å². The van der Waals surface area contributed by atoms with Crippen molar-refractivity contribution in [2.24, 2.45) is 0 Å². The van der Waals surface area contributed by atoms with E-state index in [4.69, 9.17) is 0 Å². The number of carbonyl (C=O) groups is 2. The zero-order valence-corrected chi connectivity index (χ0v) is 21.3. The normalized spacial score (nSPS) is 13.9. The van der Waals surface area contributed by atoms with Crippen molar-refractivity contribution in [3.05, 3.63) is 75.5 Å². The predicted octanol–water partition coefficient (Wildman–Crippen LogP) is 5.32. The van der Waals surface area contributed by atoms with Crippen LogP contribution in [-0.4, -0.2) is 47.9 Å². The Balaban J connectivity index is 1.75. The van der Waals surface area contributed by atoms with E-state index in [0.29, 0.717) is 17.7 Å². The number of H-pyrrole nitrogens is 1. The molecule has 2 aromatic carbocycles. The monoisotopic (exact) mass is 520 g/mol. The van der Waals surface area contributed by atoms with Crippen molar-refractivity contribution in [1.82, 2.24) is 15.2 Å². The molecule has 4 rings (SSSR count). The van der Waals surface area contributed by atoms with Crippen molar-refractivity contribution in [1.29, 1.82) is 0 Å². The Bertz CT molecular complexity index is 1240. The van der Waals surface area contributed by atoms with Gasteiger partial charge in [-0.15, -0.1) is 0 Å². The number of hydrogen-bond acceptors (Lipinski definition) is 3. The van der Waals surface area contributed by atoms with Gasteiger partial charge in [-0.1, -0.05) is 60.1 Å². The van der Waals surface area contributed by atoms with Crippen LogP contribution in [0.1, 0.15) is 41.2 Å². The zero-order chi connectivity index (χ0) is 24.2. The molecule has 0 atom stereocenters. The number of amides is 2. The number of anilines is 1. The van der Waals surface area contributed by atoms with Gasteiger partial charge in [-0.2, -0.15) is 0 Å². The highest BCUT2D eigenvalue weighted by Crippen LogP contribution is 2.38. The van der Waals surface area contributed by atoms with Gasteiger partial charge >= 0.3 is 0 Å². The van der Waals surface area contributed by atoms with Crippen LogP contribution in [-0.2, 0) is 4.79 Å². The summed E-state index contributed by atoms with van der Waals surface area (Å²) in [5, 5.41) is 6.00. The average Bonchev–Trinajstić information content (AvgIpc) is 3.33. The summed E-state index contributed by atoms with van der Waals surface area (Å²) < 4.78 is 0.896. The number of aromatic amines is 1. The Morgan fingerprint density at radius 2 is 1.85 bits per heavy atom. The lowest BCUT2D eigenvalue weighted by molar-refractivity contribution is -0.110. The lowest BCUT2D eigenvalue weighted by Crippen LogP contribution is -2.35. The second kappa shape index (κ2) is 10.4. The van der Waals surface area contributed by atoms with Gasteiger partial charge in [0.2, 0.25) is 0 Å². The van der Waals surface area contributed by atoms with Gasteiger partial charge in [0.1, 0.15) is 0 Å². The van der Waals surface area contributed by atoms with Gasteiger partial charge in [0.05, 0.1) is 11.1 Å². The molecule has 0 saturated carbocycles. The third kappa shape index (κ3) is 4.86. The highest BCUT2D eigenvalue weighted by Gasteiger charge is 2.27. The minimum absolute atomic E-state index is 0.122. The molecule has 2 heterocycles. The number of aromatic nitrogens is 1. The van der Waals surface area contributed by atoms with E-state index < -0.39 is 0 Å². The van der Waals surface area contributed by atoms with E-state index in [1.807, 2.05) is 61.5 Å². The van der Waals surface area contributed by atoms with E-state index in [2.05, 4.69) is 50.3 Å². The molecule has 0 radical (unpaired) electrons. The van der Waals surface area contributed by atoms with E-state index in [0.717, 1.165) is 57.9 Å². The van der Waals surface area contributed by atoms with Crippen LogP contribution in [0.4, 0.5) is 5.69 Å². The third-order valence-corrected chi connectivity index (χ3v) is 6.66. The Labute approximate surface area is 208 Å². The molecule has 7 heteroatoms. The summed E-state index contributed by atoms with van der Waals surface area (Å²) in [7, 11) is 0. The van der Waals surface area contributed by atoms with Crippen LogP contribution >= 0.6 is 15.9 Å². The number of carbonyl (C=O) groups excluding carboxylic acids is 2. The molecule has 34 heavy (non-hydrogen) atoms. The maximum atomic E-state index is 13.3. The summed E-state index contributed by atoms with van der Waals surface area (Å²) >= 11 is 3.50. The molecule has 1 aromatic heterocycles. The number of benzene rings is 2. The van der Waals surface area contributed by atoms with Gasteiger partial charge in [0.25, 0.3) is 11.8 Å². The third-order valence-electron chi connectivity index (χ3n) is 6.17. The number of rotatable bonds is 8. The molecule has 1 aliphatic heterocycles. The van der Waals surface area contributed by atoms with Crippen LogP contribution < -0.4 is 10.6 Å². The molecule has 2 amide bonds. The van der Waals surface area contributed by atoms with E-state index in [1.54, 1.807) is 0 Å². The summed E-state index contributed by atoms with van der Waals surface area (Å²) in [6.45, 7) is 9.39. The minimum atomic E-state index is -0.162. The highest BCUT2D eigenvalue weighted by molar-refractivity contribution is 9.10. The quantitative estimate of drug-likeness (QED) is 0.352. The van der Waals surface area contributed by atoms with Crippen LogP contribution in [0.5, 0.6) is 0 Å². The summed E-state index contributed by atoms with van der Waals surface area (Å²) in [6, 6.07) is 15.5. The Morgan fingerprint density at radius 3 is 2.56 bits per heavy atom. The van der Waals surface area contributed by atoms with Crippen molar-refractivity contribution in [2.75, 3.05) is 31.5 Å². The van der Waals surface area contributed by atoms with Crippen LogP contribution in [0.15, 0.2) is 53.0 Å². The number of fused-ring (bicyclic) bond motifs is 1. The molecule has 3 aromatic rings. The molecule has 6 nitrogen and oxygen atoms in total. The van der Waals surface area contributed by atoms with Gasteiger partial charge < -0.3 is 20.5 Å². The first-order chi connectivity index (χ1) is 16.4. The SMILES string of the molecule is CCN(CC)CCNC(=O)c1c(C)[nH]c(C=C2C(=O)Nc3ccc(Br)cc32)c1-c1ccccc1. The van der Waals surface area contributed by atoms with Crippen molar-refractivity contribution < 1.29 is 9.59 Å². The largest absolute Gasteiger partial charge is 0.358 e. The summed E-state index contributed by atoms with van der Waals surface area (Å²) in [5.41, 5.74) is 5.97. The van der Waals surface area contributed by atoms with Gasteiger partial charge in [-0.25, -0.2) is 0 Å². The van der Waals surface area contributed by atoms with Crippen LogP contribution in [0.25, 0.3) is 22.8 Å². The molecule has 0 unspecified atom stereocenters. The minimum Gasteiger partial charge on any atom is -0.358 e. The Morgan fingerprint density at radius 1 is 1.12 bits per heavy atom. The Kier molecular flexibility index (Phi) is 7.34. The predicted molar refractivity (Wildman–Crippen MR) is 142 cm³/mol. The summed E-state index contributed by atoms with van der Waals surface area (Å²) in [6.07, 6.45) is 1.84. The van der Waals surface area contributed by atoms with Gasteiger partial charge in [-0.3, -0.25) is 9.59 Å². The molecule has 0 fully saturated rings. The number of nitrogens with zero attached hydrogens (tertiary/aromatic N) is 1. The lowest BCUT2D eigenvalue weighted by atomic mass is 9.97. The van der Waals surface area contributed by atoms with Gasteiger partial charge in [0.15, 0.2) is 0 Å². The molecule has 0 saturated heterocycles. The fraction of sp³-hybridized carbons (Fsp3) is 0.259. The van der Waals surface area contributed by atoms with E-state index in [1.165, 1.54) is 0 Å². The maximum Gasteiger partial charge on any atom is 0.256 e. The van der Waals surface area contributed by atoms with Crippen molar-refractivity contribution in [3.8, 4) is 11.1 Å². The molecule has 0 spiro atoms. The fourth-order valence-corrected chi connectivity index (χ4v) is 4.71. The smallest absolute Gasteiger partial charge is 0.256 e. The molecule has 0 bridgehead atoms. The van der Waals surface area contributed by atoms with Crippen molar-refractivity contribution in [2.45, 2.75) is 20.8 Å². The number of hydrogen-bond donors (Lipinski definition) is 3. The van der Waals surface area contributed by atoms with E-state index >= 15 is 0 Å². The topological polar surface area (TPSA) is 77.2 Å². The molecule has 0 aliphatic carbocycles. The number of nitrogens with one attached hydrogen (secondary N) is 3. The molecule has 176 valence electrons. The van der Waals surface area contributed by atoms with E-state index in [9.17, 15) is 9.59 Å². The number of aryl methyl sites for hydroxylation is 1. The summed E-state index contributed by atoms with van der Waals surface area (Å²) in [4.78, 5) is 31.7.